The molecule has 0 spiro atoms. The molecule has 5 heteroatoms. The SMILES string of the molecule is COc1cc(NC(C)=O)cc(C(=O)I)c1. The highest BCUT2D eigenvalue weighted by Gasteiger charge is 2.06. The Labute approximate surface area is 101 Å². The highest BCUT2D eigenvalue weighted by molar-refractivity contribution is 14.1. The van der Waals surface area contributed by atoms with E-state index in [2.05, 4.69) is 5.32 Å². The van der Waals surface area contributed by atoms with Gasteiger partial charge in [0.2, 0.25) is 9.70 Å². The van der Waals surface area contributed by atoms with Gasteiger partial charge in [-0.15, -0.1) is 0 Å². The molecular weight excluding hydrogens is 309 g/mol. The summed E-state index contributed by atoms with van der Waals surface area (Å²) in [5, 5.41) is 2.60. The minimum atomic E-state index is -0.185. The van der Waals surface area contributed by atoms with Crippen molar-refractivity contribution in [2.45, 2.75) is 6.92 Å². The number of methoxy groups -OCH3 is 1. The summed E-state index contributed by atoms with van der Waals surface area (Å²) in [4.78, 5) is 22.0. The maximum atomic E-state index is 11.2. The fourth-order valence-corrected chi connectivity index (χ4v) is 1.42. The van der Waals surface area contributed by atoms with Crippen LogP contribution in [0, 0.1) is 0 Å². The largest absolute Gasteiger partial charge is 0.497 e. The van der Waals surface area contributed by atoms with E-state index >= 15 is 0 Å². The molecule has 0 aliphatic heterocycles. The quantitative estimate of drug-likeness (QED) is 0.687. The molecule has 15 heavy (non-hydrogen) atoms. The summed E-state index contributed by atoms with van der Waals surface area (Å²) in [6, 6.07) is 4.89. The number of anilines is 1. The lowest BCUT2D eigenvalue weighted by Crippen LogP contribution is -2.06. The Balaban J connectivity index is 3.11. The predicted octanol–water partition coefficient (Wildman–Crippen LogP) is 2.23. The van der Waals surface area contributed by atoms with E-state index in [0.29, 0.717) is 17.0 Å². The molecule has 0 atom stereocenters. The maximum Gasteiger partial charge on any atom is 0.222 e. The van der Waals surface area contributed by atoms with Crippen molar-refractivity contribution in [3.8, 4) is 5.75 Å². The van der Waals surface area contributed by atoms with Crippen LogP contribution in [0.3, 0.4) is 0 Å². The van der Waals surface area contributed by atoms with Gasteiger partial charge in [0.1, 0.15) is 5.75 Å². The summed E-state index contributed by atoms with van der Waals surface area (Å²) in [7, 11) is 1.51. The van der Waals surface area contributed by atoms with Crippen molar-refractivity contribution in [2.75, 3.05) is 12.4 Å². The normalized spacial score (nSPS) is 9.53. The Morgan fingerprint density at radius 3 is 2.47 bits per heavy atom. The van der Waals surface area contributed by atoms with Crippen molar-refractivity contribution in [1.29, 1.82) is 0 Å². The number of hydrogen-bond acceptors (Lipinski definition) is 3. The second-order valence-corrected chi connectivity index (χ2v) is 3.88. The zero-order valence-electron chi connectivity index (χ0n) is 8.33. The van der Waals surface area contributed by atoms with Gasteiger partial charge in [0.25, 0.3) is 0 Å². The van der Waals surface area contributed by atoms with Gasteiger partial charge in [-0.05, 0) is 12.1 Å². The smallest absolute Gasteiger partial charge is 0.222 e. The Hall–Kier alpha value is -1.11. The first-order valence-electron chi connectivity index (χ1n) is 4.19. The van der Waals surface area contributed by atoms with Crippen LogP contribution in [0.5, 0.6) is 5.75 Å². The van der Waals surface area contributed by atoms with E-state index in [9.17, 15) is 9.59 Å². The van der Waals surface area contributed by atoms with Crippen LogP contribution in [-0.4, -0.2) is 16.8 Å². The Morgan fingerprint density at radius 1 is 1.33 bits per heavy atom. The number of hydrogen-bond donors (Lipinski definition) is 1. The van der Waals surface area contributed by atoms with Gasteiger partial charge in [0.05, 0.1) is 7.11 Å². The molecule has 80 valence electrons. The monoisotopic (exact) mass is 319 g/mol. The molecular formula is C10H10INO3. The van der Waals surface area contributed by atoms with Gasteiger partial charge in [0, 0.05) is 46.8 Å². The van der Waals surface area contributed by atoms with Gasteiger partial charge in [-0.3, -0.25) is 9.59 Å². The number of ether oxygens (including phenoxy) is 1. The van der Waals surface area contributed by atoms with Crippen molar-refractivity contribution in [3.05, 3.63) is 23.8 Å². The number of benzene rings is 1. The molecule has 0 saturated heterocycles. The van der Waals surface area contributed by atoms with Gasteiger partial charge >= 0.3 is 0 Å². The third-order valence-corrected chi connectivity index (χ3v) is 2.31. The van der Waals surface area contributed by atoms with Gasteiger partial charge in [-0.25, -0.2) is 0 Å². The molecule has 1 amide bonds. The van der Waals surface area contributed by atoms with E-state index in [4.69, 9.17) is 4.74 Å². The number of amides is 1. The third kappa shape index (κ3) is 3.50. The van der Waals surface area contributed by atoms with E-state index in [-0.39, 0.29) is 9.70 Å². The van der Waals surface area contributed by atoms with Crippen LogP contribution in [0.25, 0.3) is 0 Å². The molecule has 0 fully saturated rings. The molecule has 0 unspecified atom stereocenters. The molecule has 0 saturated carbocycles. The minimum Gasteiger partial charge on any atom is -0.497 e. The number of carbonyl (C=O) groups is 2. The highest BCUT2D eigenvalue weighted by atomic mass is 127. The minimum absolute atomic E-state index is 0.0990. The van der Waals surface area contributed by atoms with E-state index < -0.39 is 0 Å². The third-order valence-electron chi connectivity index (χ3n) is 1.69. The summed E-state index contributed by atoms with van der Waals surface area (Å²) < 4.78 is 4.92. The standard InChI is InChI=1S/C10H10INO3/c1-6(13)12-8-3-7(10(11)14)4-9(5-8)15-2/h3-5H,1-2H3,(H,12,13). The first kappa shape index (κ1) is 12.0. The van der Waals surface area contributed by atoms with Crippen molar-refractivity contribution in [2.24, 2.45) is 0 Å². The molecule has 0 heterocycles. The Bertz CT molecular complexity index is 404. The molecule has 0 aromatic heterocycles. The van der Waals surface area contributed by atoms with Crippen LogP contribution in [-0.2, 0) is 4.79 Å². The molecule has 0 radical (unpaired) electrons. The van der Waals surface area contributed by atoms with Crippen LogP contribution in [0.1, 0.15) is 17.3 Å². The lowest BCUT2D eigenvalue weighted by atomic mass is 10.2. The van der Waals surface area contributed by atoms with E-state index in [1.807, 2.05) is 0 Å². The first-order chi connectivity index (χ1) is 7.02. The number of halogens is 1. The van der Waals surface area contributed by atoms with Crippen molar-refractivity contribution < 1.29 is 14.3 Å². The topological polar surface area (TPSA) is 55.4 Å². The highest BCUT2D eigenvalue weighted by Crippen LogP contribution is 2.22. The maximum absolute atomic E-state index is 11.2. The molecule has 1 aromatic carbocycles. The van der Waals surface area contributed by atoms with Gasteiger partial charge in [-0.1, -0.05) is 0 Å². The molecule has 0 aliphatic rings. The van der Waals surface area contributed by atoms with E-state index in [1.165, 1.54) is 14.0 Å². The molecule has 1 N–H and O–H groups in total. The second-order valence-electron chi connectivity index (χ2n) is 2.91. The number of nitrogens with one attached hydrogen (secondary N) is 1. The van der Waals surface area contributed by atoms with Crippen molar-refractivity contribution >= 4 is 38.0 Å². The molecule has 4 nitrogen and oxygen atoms in total. The zero-order valence-corrected chi connectivity index (χ0v) is 10.5. The van der Waals surface area contributed by atoms with Gasteiger partial charge < -0.3 is 10.1 Å². The summed E-state index contributed by atoms with van der Waals surface area (Å²) in [5.74, 6) is 0.358. The summed E-state index contributed by atoms with van der Waals surface area (Å²) in [6.07, 6.45) is 0. The van der Waals surface area contributed by atoms with E-state index in [1.54, 1.807) is 40.8 Å². The van der Waals surface area contributed by atoms with Crippen molar-refractivity contribution in [3.63, 3.8) is 0 Å². The van der Waals surface area contributed by atoms with Gasteiger partial charge in [-0.2, -0.15) is 0 Å². The molecule has 0 aliphatic carbocycles. The first-order valence-corrected chi connectivity index (χ1v) is 5.27. The van der Waals surface area contributed by atoms with Crippen molar-refractivity contribution in [1.82, 2.24) is 0 Å². The average molecular weight is 319 g/mol. The number of carbonyl (C=O) groups excluding carboxylic acids is 2. The van der Waals surface area contributed by atoms with Crippen LogP contribution in [0.4, 0.5) is 5.69 Å². The molecule has 1 rings (SSSR count). The van der Waals surface area contributed by atoms with Crippen LogP contribution < -0.4 is 10.1 Å². The zero-order chi connectivity index (χ0) is 11.4. The summed E-state index contributed by atoms with van der Waals surface area (Å²) >= 11 is 1.68. The van der Waals surface area contributed by atoms with E-state index in [0.717, 1.165) is 0 Å². The van der Waals surface area contributed by atoms with Crippen LogP contribution >= 0.6 is 22.6 Å². The fourth-order valence-electron chi connectivity index (χ4n) is 1.11. The second kappa shape index (κ2) is 5.11. The molecule has 0 bridgehead atoms. The fraction of sp³-hybridized carbons (Fsp3) is 0.200. The van der Waals surface area contributed by atoms with Crippen LogP contribution in [0.15, 0.2) is 18.2 Å². The predicted molar refractivity (Wildman–Crippen MR) is 65.6 cm³/mol. The number of rotatable bonds is 3. The lowest BCUT2D eigenvalue weighted by molar-refractivity contribution is -0.114. The lowest BCUT2D eigenvalue weighted by Gasteiger charge is -2.07. The summed E-state index contributed by atoms with van der Waals surface area (Å²) in [6.45, 7) is 1.41. The summed E-state index contributed by atoms with van der Waals surface area (Å²) in [5.41, 5.74) is 1.06. The Kier molecular flexibility index (Phi) is 4.07. The van der Waals surface area contributed by atoms with Crippen LogP contribution in [0.2, 0.25) is 0 Å². The Morgan fingerprint density at radius 2 is 2.00 bits per heavy atom. The van der Waals surface area contributed by atoms with Gasteiger partial charge in [0.15, 0.2) is 0 Å². The molecule has 1 aromatic rings. The average Bonchev–Trinajstić information content (AvgIpc) is 2.16.